The smallest absolute Gasteiger partial charge is 0.305 e. The van der Waals surface area contributed by atoms with Crippen LogP contribution >= 0.6 is 0 Å². The molecule has 1 unspecified atom stereocenters. The van der Waals surface area contributed by atoms with E-state index in [4.69, 9.17) is 5.11 Å². The predicted molar refractivity (Wildman–Crippen MR) is 69.2 cm³/mol. The highest BCUT2D eigenvalue weighted by Crippen LogP contribution is 2.28. The Kier molecular flexibility index (Phi) is 4.95. The molecule has 1 rings (SSSR count). The standard InChI is InChI=1S/C13H26N2O2/c1-11(2)9-13(3,10-12(16)17)15-7-5-14(4)6-8-15/h11H,5-10H2,1-4H3,(H,16,17). The van der Waals surface area contributed by atoms with Gasteiger partial charge in [-0.2, -0.15) is 0 Å². The molecular weight excluding hydrogens is 216 g/mol. The first-order valence-electron chi connectivity index (χ1n) is 6.49. The van der Waals surface area contributed by atoms with Crippen LogP contribution in [0.1, 0.15) is 33.6 Å². The third-order valence-electron chi connectivity index (χ3n) is 3.65. The Balaban J connectivity index is 2.71. The van der Waals surface area contributed by atoms with Crippen LogP contribution in [0.15, 0.2) is 0 Å². The summed E-state index contributed by atoms with van der Waals surface area (Å²) in [6.07, 6.45) is 1.19. The molecule has 0 spiro atoms. The van der Waals surface area contributed by atoms with Crippen LogP contribution in [0, 0.1) is 5.92 Å². The minimum atomic E-state index is -0.688. The summed E-state index contributed by atoms with van der Waals surface area (Å²) >= 11 is 0. The van der Waals surface area contributed by atoms with Crippen molar-refractivity contribution < 1.29 is 9.90 Å². The van der Waals surface area contributed by atoms with Gasteiger partial charge in [0.25, 0.3) is 0 Å². The van der Waals surface area contributed by atoms with Gasteiger partial charge < -0.3 is 10.0 Å². The zero-order valence-electron chi connectivity index (χ0n) is 11.6. The van der Waals surface area contributed by atoms with E-state index in [0.717, 1.165) is 32.6 Å². The molecule has 0 aliphatic carbocycles. The first-order chi connectivity index (χ1) is 7.83. The maximum absolute atomic E-state index is 11.1. The van der Waals surface area contributed by atoms with Crippen molar-refractivity contribution in [3.8, 4) is 0 Å². The summed E-state index contributed by atoms with van der Waals surface area (Å²) < 4.78 is 0. The fourth-order valence-electron chi connectivity index (χ4n) is 2.86. The minimum Gasteiger partial charge on any atom is -0.481 e. The van der Waals surface area contributed by atoms with Gasteiger partial charge in [0.2, 0.25) is 0 Å². The highest BCUT2D eigenvalue weighted by molar-refractivity contribution is 5.68. The topological polar surface area (TPSA) is 43.8 Å². The zero-order chi connectivity index (χ0) is 13.1. The van der Waals surface area contributed by atoms with Crippen molar-refractivity contribution in [2.24, 2.45) is 5.92 Å². The lowest BCUT2D eigenvalue weighted by Crippen LogP contribution is -2.56. The molecule has 1 saturated heterocycles. The molecule has 1 heterocycles. The summed E-state index contributed by atoms with van der Waals surface area (Å²) in [6, 6.07) is 0. The molecular formula is C13H26N2O2. The largest absolute Gasteiger partial charge is 0.481 e. The molecule has 100 valence electrons. The number of hydrogen-bond donors (Lipinski definition) is 1. The molecule has 17 heavy (non-hydrogen) atoms. The molecule has 4 nitrogen and oxygen atoms in total. The van der Waals surface area contributed by atoms with Gasteiger partial charge in [0.05, 0.1) is 6.42 Å². The molecule has 1 N–H and O–H groups in total. The molecule has 1 aliphatic rings. The van der Waals surface area contributed by atoms with Gasteiger partial charge in [-0.1, -0.05) is 13.8 Å². The molecule has 0 radical (unpaired) electrons. The SMILES string of the molecule is CC(C)CC(C)(CC(=O)O)N1CCN(C)CC1. The Hall–Kier alpha value is -0.610. The van der Waals surface area contributed by atoms with Crippen molar-refractivity contribution in [3.05, 3.63) is 0 Å². The summed E-state index contributed by atoms with van der Waals surface area (Å²) in [6.45, 7) is 10.5. The normalized spacial score (nSPS) is 22.6. The van der Waals surface area contributed by atoms with Crippen LogP contribution in [0.3, 0.4) is 0 Å². The molecule has 0 bridgehead atoms. The molecule has 1 fully saturated rings. The Morgan fingerprint density at radius 1 is 1.29 bits per heavy atom. The average molecular weight is 242 g/mol. The molecule has 0 amide bonds. The highest BCUT2D eigenvalue weighted by Gasteiger charge is 2.36. The lowest BCUT2D eigenvalue weighted by molar-refractivity contribution is -0.141. The van der Waals surface area contributed by atoms with Gasteiger partial charge in [0, 0.05) is 31.7 Å². The van der Waals surface area contributed by atoms with Crippen molar-refractivity contribution >= 4 is 5.97 Å². The summed E-state index contributed by atoms with van der Waals surface area (Å²) in [7, 11) is 2.12. The number of carbonyl (C=O) groups is 1. The van der Waals surface area contributed by atoms with Crippen LogP contribution in [0.4, 0.5) is 0 Å². The van der Waals surface area contributed by atoms with E-state index in [1.54, 1.807) is 0 Å². The lowest BCUT2D eigenvalue weighted by atomic mass is 9.85. The van der Waals surface area contributed by atoms with E-state index < -0.39 is 5.97 Å². The molecule has 0 saturated carbocycles. The Morgan fingerprint density at radius 2 is 1.82 bits per heavy atom. The number of hydrogen-bond acceptors (Lipinski definition) is 3. The third-order valence-corrected chi connectivity index (χ3v) is 3.65. The van der Waals surface area contributed by atoms with E-state index >= 15 is 0 Å². The van der Waals surface area contributed by atoms with Gasteiger partial charge in [-0.15, -0.1) is 0 Å². The quantitative estimate of drug-likeness (QED) is 0.794. The lowest BCUT2D eigenvalue weighted by Gasteiger charge is -2.45. The van der Waals surface area contributed by atoms with Crippen LogP contribution in [0.2, 0.25) is 0 Å². The van der Waals surface area contributed by atoms with Crippen LogP contribution < -0.4 is 0 Å². The van der Waals surface area contributed by atoms with Gasteiger partial charge in [-0.25, -0.2) is 0 Å². The number of likely N-dealkylation sites (N-methyl/N-ethyl adjacent to an activating group) is 1. The fourth-order valence-corrected chi connectivity index (χ4v) is 2.86. The summed E-state index contributed by atoms with van der Waals surface area (Å²) in [5.41, 5.74) is -0.193. The number of carboxylic acids is 1. The van der Waals surface area contributed by atoms with Crippen molar-refractivity contribution in [1.82, 2.24) is 9.80 Å². The summed E-state index contributed by atoms with van der Waals surface area (Å²) in [5.74, 6) is -0.161. The second kappa shape index (κ2) is 5.83. The molecule has 0 aromatic heterocycles. The first-order valence-corrected chi connectivity index (χ1v) is 6.49. The number of aliphatic carboxylic acids is 1. The van der Waals surface area contributed by atoms with E-state index in [9.17, 15) is 4.79 Å². The van der Waals surface area contributed by atoms with E-state index in [-0.39, 0.29) is 12.0 Å². The monoisotopic (exact) mass is 242 g/mol. The molecule has 1 aliphatic heterocycles. The van der Waals surface area contributed by atoms with E-state index in [1.807, 2.05) is 0 Å². The number of nitrogens with zero attached hydrogens (tertiary/aromatic N) is 2. The van der Waals surface area contributed by atoms with Gasteiger partial charge in [-0.05, 0) is 26.3 Å². The van der Waals surface area contributed by atoms with Crippen LogP contribution in [-0.4, -0.2) is 59.6 Å². The number of piperazine rings is 1. The Morgan fingerprint density at radius 3 is 2.24 bits per heavy atom. The van der Waals surface area contributed by atoms with Crippen molar-refractivity contribution in [3.63, 3.8) is 0 Å². The molecule has 0 aromatic rings. The number of carboxylic acid groups (broad SMARTS) is 1. The molecule has 4 heteroatoms. The van der Waals surface area contributed by atoms with Crippen molar-refractivity contribution in [2.75, 3.05) is 33.2 Å². The van der Waals surface area contributed by atoms with E-state index in [1.165, 1.54) is 0 Å². The number of rotatable bonds is 5. The van der Waals surface area contributed by atoms with Gasteiger partial charge >= 0.3 is 5.97 Å². The maximum Gasteiger partial charge on any atom is 0.305 e. The Labute approximate surface area is 105 Å². The molecule has 0 aromatic carbocycles. The Bertz CT molecular complexity index is 260. The average Bonchev–Trinajstić information content (AvgIpc) is 2.15. The summed E-state index contributed by atoms with van der Waals surface area (Å²) in [5, 5.41) is 9.11. The summed E-state index contributed by atoms with van der Waals surface area (Å²) in [4.78, 5) is 15.7. The fraction of sp³-hybridized carbons (Fsp3) is 0.923. The van der Waals surface area contributed by atoms with Gasteiger partial charge in [-0.3, -0.25) is 9.69 Å². The van der Waals surface area contributed by atoms with Crippen molar-refractivity contribution in [1.29, 1.82) is 0 Å². The first kappa shape index (κ1) is 14.5. The van der Waals surface area contributed by atoms with Gasteiger partial charge in [0.15, 0.2) is 0 Å². The predicted octanol–water partition coefficient (Wildman–Crippen LogP) is 1.51. The van der Waals surface area contributed by atoms with Crippen LogP contribution in [0.5, 0.6) is 0 Å². The second-order valence-corrected chi connectivity index (χ2v) is 5.96. The van der Waals surface area contributed by atoms with Gasteiger partial charge in [0.1, 0.15) is 0 Å². The van der Waals surface area contributed by atoms with Crippen LogP contribution in [0.25, 0.3) is 0 Å². The third kappa shape index (κ3) is 4.28. The van der Waals surface area contributed by atoms with Crippen molar-refractivity contribution in [2.45, 2.75) is 39.2 Å². The molecule has 1 atom stereocenters. The van der Waals surface area contributed by atoms with Crippen LogP contribution in [-0.2, 0) is 4.79 Å². The van der Waals surface area contributed by atoms with E-state index in [0.29, 0.717) is 5.92 Å². The maximum atomic E-state index is 11.1. The minimum absolute atomic E-state index is 0.193. The van der Waals surface area contributed by atoms with E-state index in [2.05, 4.69) is 37.6 Å². The second-order valence-electron chi connectivity index (χ2n) is 5.96. The zero-order valence-corrected chi connectivity index (χ0v) is 11.6. The highest BCUT2D eigenvalue weighted by atomic mass is 16.4.